The highest BCUT2D eigenvalue weighted by Gasteiger charge is 2.36. The number of aliphatic hydroxyl groups is 1. The third kappa shape index (κ3) is 3.17. The van der Waals surface area contributed by atoms with E-state index in [4.69, 9.17) is 16.0 Å². The summed E-state index contributed by atoms with van der Waals surface area (Å²) >= 11 is 6.42. The third-order valence-corrected chi connectivity index (χ3v) is 6.34. The Hall–Kier alpha value is -2.54. The molecule has 1 aliphatic rings. The van der Waals surface area contributed by atoms with Crippen LogP contribution in [0.3, 0.4) is 0 Å². The van der Waals surface area contributed by atoms with Gasteiger partial charge in [-0.1, -0.05) is 23.7 Å². The number of benzene rings is 2. The average molecular weight is 416 g/mol. The molecule has 0 aliphatic carbocycles. The Labute approximate surface area is 172 Å². The molecule has 3 aromatic rings. The van der Waals surface area contributed by atoms with Gasteiger partial charge in [-0.15, -0.1) is 0 Å². The summed E-state index contributed by atoms with van der Waals surface area (Å²) in [6.45, 7) is 2.48. The largest absolute Gasteiger partial charge is 0.507 e. The van der Waals surface area contributed by atoms with Crippen molar-refractivity contribution < 1.29 is 19.7 Å². The summed E-state index contributed by atoms with van der Waals surface area (Å²) in [5.74, 6) is -0.498. The second-order valence-corrected chi connectivity index (χ2v) is 7.95. The summed E-state index contributed by atoms with van der Waals surface area (Å²) in [7, 11) is 1.90. The van der Waals surface area contributed by atoms with Crippen molar-refractivity contribution in [2.24, 2.45) is 0 Å². The van der Waals surface area contributed by atoms with Crippen molar-refractivity contribution in [1.82, 2.24) is 4.90 Å². The van der Waals surface area contributed by atoms with Crippen molar-refractivity contribution in [3.8, 4) is 22.8 Å². The monoisotopic (exact) mass is 415 g/mol. The summed E-state index contributed by atoms with van der Waals surface area (Å²) < 4.78 is 6.09. The molecule has 2 heterocycles. The van der Waals surface area contributed by atoms with E-state index in [1.54, 1.807) is 6.07 Å². The first kappa shape index (κ1) is 19.8. The van der Waals surface area contributed by atoms with Gasteiger partial charge in [0.15, 0.2) is 5.43 Å². The van der Waals surface area contributed by atoms with Crippen LogP contribution in [0.5, 0.6) is 11.5 Å². The summed E-state index contributed by atoms with van der Waals surface area (Å²) in [5.41, 5.74) is 1.51. The van der Waals surface area contributed by atoms with Gasteiger partial charge in [-0.25, -0.2) is 0 Å². The van der Waals surface area contributed by atoms with Gasteiger partial charge in [0.25, 0.3) is 0 Å². The average Bonchev–Trinajstić information content (AvgIpc) is 3.03. The molecule has 3 N–H and O–H groups in total. The van der Waals surface area contributed by atoms with Gasteiger partial charge in [-0.05, 0) is 38.6 Å². The number of nitrogens with zero attached hydrogens (tertiary/aromatic N) is 1. The van der Waals surface area contributed by atoms with Crippen LogP contribution in [0.1, 0.15) is 23.5 Å². The number of aromatic hydroxyl groups is 2. The lowest BCUT2D eigenvalue weighted by Gasteiger charge is -2.24. The topological polar surface area (TPSA) is 94.1 Å². The molecule has 0 radical (unpaired) electrons. The molecule has 2 atom stereocenters. The second-order valence-electron chi connectivity index (χ2n) is 7.57. The maximum absolute atomic E-state index is 12.9. The molecule has 0 amide bonds. The highest BCUT2D eigenvalue weighted by Crippen LogP contribution is 2.44. The van der Waals surface area contributed by atoms with Crippen LogP contribution in [0.4, 0.5) is 0 Å². The van der Waals surface area contributed by atoms with Crippen LogP contribution in [0.15, 0.2) is 39.5 Å². The standard InChI is InChI=1S/C22H22ClNO5/c1-11-4-3-5-13(21(11)23)18-9-17(28)20-16(27)8-15(26)19(22(20)29-18)12-6-7-24(2)14(12)10-25/h3-5,8-9,12,14,25-27H,6-7,10H2,1-2H3/t12-,14+/m1/s1. The molecule has 29 heavy (non-hydrogen) atoms. The molecule has 0 spiro atoms. The van der Waals surface area contributed by atoms with E-state index in [0.29, 0.717) is 22.6 Å². The minimum absolute atomic E-state index is 0.0107. The van der Waals surface area contributed by atoms with E-state index < -0.39 is 5.43 Å². The van der Waals surface area contributed by atoms with E-state index in [-0.39, 0.29) is 46.8 Å². The SMILES string of the molecule is Cc1cccc(-c2cc(=O)c3c(O)cc(O)c([C@@H]4CCN(C)[C@H]4CO)c3o2)c1Cl. The molecule has 0 bridgehead atoms. The van der Waals surface area contributed by atoms with Crippen molar-refractivity contribution in [1.29, 1.82) is 0 Å². The Kier molecular flexibility index (Phi) is 5.02. The van der Waals surface area contributed by atoms with Gasteiger partial charge in [0.05, 0.1) is 11.6 Å². The highest BCUT2D eigenvalue weighted by atomic mass is 35.5. The van der Waals surface area contributed by atoms with E-state index in [0.717, 1.165) is 12.1 Å². The molecule has 7 heteroatoms. The number of phenols is 2. The first-order chi connectivity index (χ1) is 13.8. The maximum atomic E-state index is 12.9. The molecule has 0 unspecified atom stereocenters. The molecule has 152 valence electrons. The lowest BCUT2D eigenvalue weighted by molar-refractivity contribution is 0.172. The fourth-order valence-corrected chi connectivity index (χ4v) is 4.48. The number of halogens is 1. The number of hydrogen-bond acceptors (Lipinski definition) is 6. The van der Waals surface area contributed by atoms with Crippen LogP contribution in [0.2, 0.25) is 5.02 Å². The predicted octanol–water partition coefficient (Wildman–Crippen LogP) is 3.61. The van der Waals surface area contributed by atoms with Crippen molar-refractivity contribution >= 4 is 22.6 Å². The number of rotatable bonds is 3. The molecule has 6 nitrogen and oxygen atoms in total. The minimum atomic E-state index is -0.426. The van der Waals surface area contributed by atoms with Crippen molar-refractivity contribution in [3.05, 3.63) is 56.7 Å². The van der Waals surface area contributed by atoms with Gasteiger partial charge < -0.3 is 24.6 Å². The minimum Gasteiger partial charge on any atom is -0.507 e. The van der Waals surface area contributed by atoms with Crippen LogP contribution < -0.4 is 5.43 Å². The van der Waals surface area contributed by atoms with Crippen LogP contribution in [0, 0.1) is 6.92 Å². The second kappa shape index (κ2) is 7.37. The number of aliphatic hydroxyl groups excluding tert-OH is 1. The number of hydrogen-bond donors (Lipinski definition) is 3. The molecule has 2 aromatic carbocycles. The first-order valence-corrected chi connectivity index (χ1v) is 9.80. The quantitative estimate of drug-likeness (QED) is 0.605. The van der Waals surface area contributed by atoms with Gasteiger partial charge in [-0.3, -0.25) is 4.79 Å². The third-order valence-electron chi connectivity index (χ3n) is 5.84. The zero-order chi connectivity index (χ0) is 20.9. The zero-order valence-corrected chi connectivity index (χ0v) is 16.9. The summed E-state index contributed by atoms with van der Waals surface area (Å²) in [4.78, 5) is 14.9. The number of fused-ring (bicyclic) bond motifs is 1. The predicted molar refractivity (Wildman–Crippen MR) is 112 cm³/mol. The molecule has 1 aliphatic heterocycles. The Morgan fingerprint density at radius 1 is 1.24 bits per heavy atom. The normalized spacial score (nSPS) is 19.9. The number of phenolic OH excluding ortho intramolecular Hbond substituents is 2. The van der Waals surface area contributed by atoms with Crippen LogP contribution in [-0.2, 0) is 0 Å². The molecule has 4 rings (SSSR count). The molecular formula is C22H22ClNO5. The van der Waals surface area contributed by atoms with Crippen molar-refractivity contribution in [3.63, 3.8) is 0 Å². The van der Waals surface area contributed by atoms with Crippen molar-refractivity contribution in [2.45, 2.75) is 25.3 Å². The lowest BCUT2D eigenvalue weighted by atomic mass is 9.89. The molecule has 1 fully saturated rings. The molecule has 1 aromatic heterocycles. The summed E-state index contributed by atoms with van der Waals surface area (Å²) in [6.07, 6.45) is 0.675. The number of aryl methyl sites for hydroxylation is 1. The lowest BCUT2D eigenvalue weighted by Crippen LogP contribution is -2.32. The molecular weight excluding hydrogens is 394 g/mol. The fourth-order valence-electron chi connectivity index (χ4n) is 4.26. The van der Waals surface area contributed by atoms with E-state index in [1.807, 2.05) is 31.0 Å². The van der Waals surface area contributed by atoms with E-state index in [1.165, 1.54) is 12.1 Å². The number of likely N-dealkylation sites (N-methyl/N-ethyl adjacent to an activating group) is 1. The van der Waals surface area contributed by atoms with Crippen LogP contribution >= 0.6 is 11.6 Å². The van der Waals surface area contributed by atoms with Crippen LogP contribution in [0.25, 0.3) is 22.3 Å². The molecule has 0 saturated carbocycles. The summed E-state index contributed by atoms with van der Waals surface area (Å²) in [6, 6.07) is 7.66. The Bertz CT molecular complexity index is 1160. The Balaban J connectivity index is 2.03. The maximum Gasteiger partial charge on any atom is 0.197 e. The zero-order valence-electron chi connectivity index (χ0n) is 16.1. The van der Waals surface area contributed by atoms with Gasteiger partial charge in [0, 0.05) is 35.2 Å². The van der Waals surface area contributed by atoms with Crippen molar-refractivity contribution in [2.75, 3.05) is 20.2 Å². The first-order valence-electron chi connectivity index (χ1n) is 9.42. The van der Waals surface area contributed by atoms with Gasteiger partial charge in [-0.2, -0.15) is 0 Å². The fraction of sp³-hybridized carbons (Fsp3) is 0.318. The summed E-state index contributed by atoms with van der Waals surface area (Å²) in [5, 5.41) is 31.3. The van der Waals surface area contributed by atoms with Gasteiger partial charge in [0.2, 0.25) is 0 Å². The highest BCUT2D eigenvalue weighted by molar-refractivity contribution is 6.34. The van der Waals surface area contributed by atoms with Crippen LogP contribution in [-0.4, -0.2) is 46.5 Å². The smallest absolute Gasteiger partial charge is 0.197 e. The van der Waals surface area contributed by atoms with E-state index >= 15 is 0 Å². The van der Waals surface area contributed by atoms with Gasteiger partial charge >= 0.3 is 0 Å². The van der Waals surface area contributed by atoms with Gasteiger partial charge in [0.1, 0.15) is 28.2 Å². The Morgan fingerprint density at radius 3 is 2.72 bits per heavy atom. The van der Waals surface area contributed by atoms with E-state index in [2.05, 4.69) is 0 Å². The van der Waals surface area contributed by atoms with E-state index in [9.17, 15) is 20.1 Å². The Morgan fingerprint density at radius 2 is 2.00 bits per heavy atom. The molecule has 1 saturated heterocycles. The number of likely N-dealkylation sites (tertiary alicyclic amines) is 1.